The molecule has 0 aliphatic rings. The first kappa shape index (κ1) is 24.8. The van der Waals surface area contributed by atoms with E-state index in [4.69, 9.17) is 9.97 Å². The van der Waals surface area contributed by atoms with Crippen molar-refractivity contribution in [3.05, 3.63) is 152 Å². The molecule has 11 rings (SSSR count). The van der Waals surface area contributed by atoms with Gasteiger partial charge in [0.15, 0.2) is 0 Å². The summed E-state index contributed by atoms with van der Waals surface area (Å²) in [5.74, 6) is 0. The van der Waals surface area contributed by atoms with Crippen LogP contribution in [0.2, 0.25) is 0 Å². The molecule has 5 aromatic heterocycles. The van der Waals surface area contributed by atoms with Crippen molar-refractivity contribution in [3.8, 4) is 11.4 Å². The number of benzene rings is 6. The predicted molar refractivity (Wildman–Crippen MR) is 194 cm³/mol. The van der Waals surface area contributed by atoms with E-state index in [0.717, 1.165) is 66.4 Å². The lowest BCUT2D eigenvalue weighted by Gasteiger charge is -2.15. The summed E-state index contributed by atoms with van der Waals surface area (Å²) in [7, 11) is 0. The maximum Gasteiger partial charge on any atom is 0.147 e. The molecule has 0 unspecified atom stereocenters. The standard InChI is InChI=1S/C42H25N5/c1-3-14-26(15-4-1)45-31-21-10-7-18-28(31)35-37-38(39-34(24-13-25-43-39)47-33-23-12-9-20-30(33)44-42(37)47)41-36(40(35)45)29-19-8-11-22-32(29)46(41)27-16-5-2-6-17-27/h1-25H. The molecule has 0 bridgehead atoms. The summed E-state index contributed by atoms with van der Waals surface area (Å²) in [6.45, 7) is 0. The van der Waals surface area contributed by atoms with Gasteiger partial charge in [-0.15, -0.1) is 0 Å². The van der Waals surface area contributed by atoms with Gasteiger partial charge in [-0.25, -0.2) is 4.98 Å². The normalized spacial score (nSPS) is 12.3. The van der Waals surface area contributed by atoms with Crippen LogP contribution >= 0.6 is 0 Å². The second-order valence-corrected chi connectivity index (χ2v) is 12.2. The van der Waals surface area contributed by atoms with Crippen LogP contribution in [0.1, 0.15) is 0 Å². The summed E-state index contributed by atoms with van der Waals surface area (Å²) >= 11 is 0. The Kier molecular flexibility index (Phi) is 4.78. The zero-order chi connectivity index (χ0) is 30.6. The monoisotopic (exact) mass is 599 g/mol. The second-order valence-electron chi connectivity index (χ2n) is 12.2. The minimum Gasteiger partial charge on any atom is -0.309 e. The van der Waals surface area contributed by atoms with Gasteiger partial charge in [0.2, 0.25) is 0 Å². The fraction of sp³-hybridized carbons (Fsp3) is 0. The Morgan fingerprint density at radius 1 is 0.404 bits per heavy atom. The lowest BCUT2D eigenvalue weighted by atomic mass is 9.98. The smallest absolute Gasteiger partial charge is 0.147 e. The Labute approximate surface area is 268 Å². The van der Waals surface area contributed by atoms with E-state index in [1.807, 2.05) is 12.3 Å². The molecule has 5 heterocycles. The van der Waals surface area contributed by atoms with Gasteiger partial charge < -0.3 is 9.13 Å². The van der Waals surface area contributed by atoms with E-state index < -0.39 is 0 Å². The van der Waals surface area contributed by atoms with E-state index in [1.54, 1.807) is 0 Å². The van der Waals surface area contributed by atoms with Crippen molar-refractivity contribution in [2.45, 2.75) is 0 Å². The molecule has 11 aromatic rings. The Morgan fingerprint density at radius 3 is 1.62 bits per heavy atom. The molecular formula is C42H25N5. The van der Waals surface area contributed by atoms with Crippen molar-refractivity contribution >= 4 is 82.1 Å². The molecular weight excluding hydrogens is 574 g/mol. The van der Waals surface area contributed by atoms with Crippen LogP contribution in [0, 0.1) is 0 Å². The van der Waals surface area contributed by atoms with Gasteiger partial charge in [0.05, 0.1) is 44.1 Å². The summed E-state index contributed by atoms with van der Waals surface area (Å²) in [5, 5.41) is 7.02. The highest BCUT2D eigenvalue weighted by molar-refractivity contribution is 6.41. The highest BCUT2D eigenvalue weighted by atomic mass is 15.0. The Balaban J connectivity index is 1.59. The van der Waals surface area contributed by atoms with E-state index in [0.29, 0.717) is 0 Å². The summed E-state index contributed by atoms with van der Waals surface area (Å²) in [4.78, 5) is 10.6. The number of hydrogen-bond acceptors (Lipinski definition) is 2. The van der Waals surface area contributed by atoms with E-state index in [1.165, 1.54) is 27.1 Å². The van der Waals surface area contributed by atoms with Gasteiger partial charge in [0.1, 0.15) is 5.65 Å². The van der Waals surface area contributed by atoms with Gasteiger partial charge in [-0.05, 0) is 60.7 Å². The first-order valence-electron chi connectivity index (χ1n) is 16.0. The Bertz CT molecular complexity index is 3060. The lowest BCUT2D eigenvalue weighted by Crippen LogP contribution is -1.99. The molecule has 6 aromatic carbocycles. The van der Waals surface area contributed by atoms with Crippen LogP contribution in [-0.4, -0.2) is 23.5 Å². The van der Waals surface area contributed by atoms with Crippen LogP contribution in [0.25, 0.3) is 93.5 Å². The number of aromatic nitrogens is 5. The quantitative estimate of drug-likeness (QED) is 0.186. The molecule has 0 saturated carbocycles. The maximum atomic E-state index is 5.41. The molecule has 5 nitrogen and oxygen atoms in total. The Morgan fingerprint density at radius 2 is 0.936 bits per heavy atom. The molecule has 0 fully saturated rings. The third-order valence-electron chi connectivity index (χ3n) is 9.80. The molecule has 0 saturated heterocycles. The van der Waals surface area contributed by atoms with Crippen LogP contribution < -0.4 is 0 Å². The molecule has 0 spiro atoms. The van der Waals surface area contributed by atoms with Crippen LogP contribution in [-0.2, 0) is 0 Å². The first-order valence-corrected chi connectivity index (χ1v) is 16.0. The number of nitrogens with zero attached hydrogens (tertiary/aromatic N) is 5. The molecule has 0 N–H and O–H groups in total. The van der Waals surface area contributed by atoms with Crippen LogP contribution in [0.4, 0.5) is 0 Å². The summed E-state index contributed by atoms with van der Waals surface area (Å²) in [6, 6.07) is 51.7. The van der Waals surface area contributed by atoms with Crippen LogP contribution in [0.5, 0.6) is 0 Å². The Hall–Kier alpha value is -6.46. The van der Waals surface area contributed by atoms with Gasteiger partial charge in [-0.3, -0.25) is 9.38 Å². The van der Waals surface area contributed by atoms with Crippen molar-refractivity contribution in [3.63, 3.8) is 0 Å². The molecule has 0 amide bonds. The number of rotatable bonds is 2. The molecule has 0 radical (unpaired) electrons. The second kappa shape index (κ2) is 9.05. The number of imidazole rings is 1. The fourth-order valence-corrected chi connectivity index (χ4v) is 8.04. The average molecular weight is 600 g/mol. The van der Waals surface area contributed by atoms with E-state index in [9.17, 15) is 0 Å². The van der Waals surface area contributed by atoms with Crippen LogP contribution in [0.15, 0.2) is 152 Å². The first-order chi connectivity index (χ1) is 23.4. The predicted octanol–water partition coefficient (Wildman–Crippen LogP) is 10.4. The lowest BCUT2D eigenvalue weighted by molar-refractivity contribution is 1.18. The molecule has 0 atom stereocenters. The maximum absolute atomic E-state index is 5.41. The molecule has 47 heavy (non-hydrogen) atoms. The highest BCUT2D eigenvalue weighted by Gasteiger charge is 2.28. The third kappa shape index (κ3) is 3.12. The third-order valence-corrected chi connectivity index (χ3v) is 9.80. The minimum absolute atomic E-state index is 0.939. The molecule has 0 aliphatic carbocycles. The number of para-hydroxylation sites is 6. The van der Waals surface area contributed by atoms with E-state index >= 15 is 0 Å². The molecule has 218 valence electrons. The van der Waals surface area contributed by atoms with E-state index in [-0.39, 0.29) is 0 Å². The zero-order valence-corrected chi connectivity index (χ0v) is 25.2. The molecule has 0 aliphatic heterocycles. The average Bonchev–Trinajstić information content (AvgIpc) is 3.80. The van der Waals surface area contributed by atoms with Crippen LogP contribution in [0.3, 0.4) is 0 Å². The summed E-state index contributed by atoms with van der Waals surface area (Å²) < 4.78 is 7.21. The highest BCUT2D eigenvalue weighted by Crippen LogP contribution is 2.49. The fourth-order valence-electron chi connectivity index (χ4n) is 8.04. The van der Waals surface area contributed by atoms with Gasteiger partial charge in [-0.1, -0.05) is 84.9 Å². The largest absolute Gasteiger partial charge is 0.309 e. The van der Waals surface area contributed by atoms with Gasteiger partial charge in [0.25, 0.3) is 0 Å². The van der Waals surface area contributed by atoms with Crippen molar-refractivity contribution in [2.75, 3.05) is 0 Å². The minimum atomic E-state index is 0.939. The molecule has 5 heteroatoms. The van der Waals surface area contributed by atoms with Crippen molar-refractivity contribution < 1.29 is 0 Å². The number of pyridine rings is 2. The SMILES string of the molecule is c1ccc(-n2c3ccccc3c3c4c(c5ncccc5n5c6ccccc6nc45)c4c(c5ccccc5n4-c4ccccc4)c32)cc1. The zero-order valence-electron chi connectivity index (χ0n) is 25.2. The number of hydrogen-bond donors (Lipinski definition) is 0. The van der Waals surface area contributed by atoms with Crippen molar-refractivity contribution in [2.24, 2.45) is 0 Å². The number of fused-ring (bicyclic) bond motifs is 17. The van der Waals surface area contributed by atoms with Gasteiger partial charge >= 0.3 is 0 Å². The summed E-state index contributed by atoms with van der Waals surface area (Å²) in [6.07, 6.45) is 1.92. The van der Waals surface area contributed by atoms with E-state index in [2.05, 4.69) is 153 Å². The van der Waals surface area contributed by atoms with Gasteiger partial charge in [0, 0.05) is 49.9 Å². The van der Waals surface area contributed by atoms with Crippen molar-refractivity contribution in [1.29, 1.82) is 0 Å². The van der Waals surface area contributed by atoms with Crippen molar-refractivity contribution in [1.82, 2.24) is 23.5 Å². The van der Waals surface area contributed by atoms with Gasteiger partial charge in [-0.2, -0.15) is 0 Å². The summed E-state index contributed by atoms with van der Waals surface area (Å²) in [5.41, 5.74) is 11.8. The topological polar surface area (TPSA) is 40.1 Å².